The molecule has 0 saturated carbocycles. The Hall–Kier alpha value is -4.47. The molecule has 2 aromatic carbocycles. The second-order valence-corrected chi connectivity index (χ2v) is 7.36. The smallest absolute Gasteiger partial charge is 0.284 e. The highest BCUT2D eigenvalue weighted by atomic mass is 16.5. The fourth-order valence-electron chi connectivity index (χ4n) is 3.67. The number of carbonyl (C=O) groups is 1. The summed E-state index contributed by atoms with van der Waals surface area (Å²) in [5, 5.41) is 2.86. The first-order valence-corrected chi connectivity index (χ1v) is 10.3. The summed E-state index contributed by atoms with van der Waals surface area (Å²) < 4.78 is 17.5. The highest BCUT2D eigenvalue weighted by Gasteiger charge is 2.15. The monoisotopic (exact) mass is 461 g/mol. The fraction of sp³-hybridized carbons (Fsp3) is 0.208. The number of aromatic nitrogens is 4. The molecule has 0 radical (unpaired) electrons. The average molecular weight is 461 g/mol. The molecule has 1 amide bonds. The molecule has 0 saturated heterocycles. The Balaban J connectivity index is 1.53. The Morgan fingerprint density at radius 1 is 1.03 bits per heavy atom. The van der Waals surface area contributed by atoms with Crippen LogP contribution in [0.5, 0.6) is 17.2 Å². The lowest BCUT2D eigenvalue weighted by Crippen LogP contribution is -2.23. The molecule has 2 aromatic heterocycles. The van der Waals surface area contributed by atoms with Gasteiger partial charge in [-0.1, -0.05) is 0 Å². The van der Waals surface area contributed by atoms with Crippen LogP contribution in [0, 0.1) is 6.92 Å². The Bertz CT molecular complexity index is 1390. The van der Waals surface area contributed by atoms with Crippen molar-refractivity contribution in [2.24, 2.45) is 0 Å². The van der Waals surface area contributed by atoms with Gasteiger partial charge in [-0.15, -0.1) is 0 Å². The number of ether oxygens (including phenoxy) is 3. The highest BCUT2D eigenvalue weighted by molar-refractivity contribution is 5.92. The van der Waals surface area contributed by atoms with Gasteiger partial charge < -0.3 is 19.5 Å². The van der Waals surface area contributed by atoms with Crippen molar-refractivity contribution in [2.75, 3.05) is 26.6 Å². The Morgan fingerprint density at radius 3 is 2.32 bits per heavy atom. The zero-order chi connectivity index (χ0) is 24.2. The Morgan fingerprint density at radius 2 is 1.71 bits per heavy atom. The number of anilines is 1. The second-order valence-electron chi connectivity index (χ2n) is 7.36. The lowest BCUT2D eigenvalue weighted by molar-refractivity contribution is -0.115. The van der Waals surface area contributed by atoms with E-state index in [0.29, 0.717) is 45.5 Å². The van der Waals surface area contributed by atoms with Gasteiger partial charge >= 0.3 is 0 Å². The molecule has 174 valence electrons. The molecular formula is C24H23N5O5. The third-order valence-corrected chi connectivity index (χ3v) is 5.20. The van der Waals surface area contributed by atoms with E-state index in [1.165, 1.54) is 38.4 Å². The van der Waals surface area contributed by atoms with Crippen molar-refractivity contribution in [2.45, 2.75) is 13.3 Å². The van der Waals surface area contributed by atoms with Gasteiger partial charge in [-0.05, 0) is 48.9 Å². The minimum atomic E-state index is -0.288. The van der Waals surface area contributed by atoms with Gasteiger partial charge in [0.25, 0.3) is 5.56 Å². The topological polar surface area (TPSA) is 117 Å². The lowest BCUT2D eigenvalue weighted by atomic mass is 10.1. The van der Waals surface area contributed by atoms with Gasteiger partial charge in [-0.2, -0.15) is 0 Å². The summed E-state index contributed by atoms with van der Waals surface area (Å²) >= 11 is 0. The number of hydrogen-bond acceptors (Lipinski definition) is 8. The molecule has 4 rings (SSSR count). The van der Waals surface area contributed by atoms with Gasteiger partial charge in [-0.3, -0.25) is 14.2 Å². The van der Waals surface area contributed by atoms with E-state index in [2.05, 4.69) is 20.3 Å². The minimum Gasteiger partial charge on any atom is -0.493 e. The zero-order valence-corrected chi connectivity index (χ0v) is 19.2. The number of hydrogen-bond donors (Lipinski definition) is 1. The average Bonchev–Trinajstić information content (AvgIpc) is 2.84. The molecule has 0 aliphatic carbocycles. The molecule has 2 heterocycles. The number of carbonyl (C=O) groups excluding carboxylic acids is 1. The molecule has 0 unspecified atom stereocenters. The molecule has 1 N–H and O–H groups in total. The zero-order valence-electron chi connectivity index (χ0n) is 19.2. The van der Waals surface area contributed by atoms with Gasteiger partial charge in [-0.25, -0.2) is 15.0 Å². The highest BCUT2D eigenvalue weighted by Crippen LogP contribution is 2.38. The molecule has 10 heteroatoms. The van der Waals surface area contributed by atoms with Gasteiger partial charge in [0, 0.05) is 5.69 Å². The molecule has 0 spiro atoms. The molecule has 0 atom stereocenters. The van der Waals surface area contributed by atoms with Gasteiger partial charge in [0.1, 0.15) is 17.7 Å². The summed E-state index contributed by atoms with van der Waals surface area (Å²) in [6.45, 7) is 1.74. The van der Waals surface area contributed by atoms with Crippen molar-refractivity contribution in [3.8, 4) is 22.9 Å². The summed E-state index contributed by atoms with van der Waals surface area (Å²) in [6.07, 6.45) is 2.93. The van der Waals surface area contributed by atoms with E-state index < -0.39 is 0 Å². The number of methoxy groups -OCH3 is 3. The van der Waals surface area contributed by atoms with E-state index in [1.807, 2.05) is 0 Å². The predicted molar refractivity (Wildman–Crippen MR) is 126 cm³/mol. The second kappa shape index (κ2) is 9.57. The summed E-state index contributed by atoms with van der Waals surface area (Å²) in [6, 6.07) is 10.4. The molecule has 10 nitrogen and oxygen atoms in total. The van der Waals surface area contributed by atoms with Crippen molar-refractivity contribution in [3.05, 3.63) is 70.7 Å². The van der Waals surface area contributed by atoms with Gasteiger partial charge in [0.15, 0.2) is 17.0 Å². The standard InChI is InChI=1S/C24H23N5O5/c1-14-27-18-12-25-13-26-22(18)24(31)29(14)17-7-5-16(6-8-17)28-21(30)11-15-9-19(32-2)23(34-4)20(10-15)33-3/h5-10,12-13H,11H2,1-4H3,(H,28,30). The van der Waals surface area contributed by atoms with Crippen LogP contribution in [0.15, 0.2) is 53.7 Å². The van der Waals surface area contributed by atoms with Gasteiger partial charge in [0.05, 0.1) is 39.6 Å². The van der Waals surface area contributed by atoms with Crippen LogP contribution >= 0.6 is 0 Å². The summed E-state index contributed by atoms with van der Waals surface area (Å²) in [5.41, 5.74) is 2.29. The first kappa shape index (κ1) is 22.7. The SMILES string of the molecule is COc1cc(CC(=O)Nc2ccc(-n3c(C)nc4cncnc4c3=O)cc2)cc(OC)c1OC. The van der Waals surface area contributed by atoms with Crippen LogP contribution < -0.4 is 25.1 Å². The molecule has 0 aliphatic heterocycles. The Labute approximate surface area is 195 Å². The predicted octanol–water partition coefficient (Wildman–Crippen LogP) is 2.69. The summed E-state index contributed by atoms with van der Waals surface area (Å²) in [4.78, 5) is 37.9. The maximum atomic E-state index is 12.9. The summed E-state index contributed by atoms with van der Waals surface area (Å²) in [5.74, 6) is 1.70. The largest absolute Gasteiger partial charge is 0.493 e. The van der Waals surface area contributed by atoms with E-state index >= 15 is 0 Å². The number of benzene rings is 2. The van der Waals surface area contributed by atoms with Crippen molar-refractivity contribution >= 4 is 22.6 Å². The molecule has 34 heavy (non-hydrogen) atoms. The normalized spacial score (nSPS) is 10.7. The molecule has 0 aliphatic rings. The van der Waals surface area contributed by atoms with Crippen LogP contribution in [0.4, 0.5) is 5.69 Å². The number of fused-ring (bicyclic) bond motifs is 1. The van der Waals surface area contributed by atoms with Crippen molar-refractivity contribution in [1.82, 2.24) is 19.5 Å². The maximum Gasteiger partial charge on any atom is 0.284 e. The molecule has 0 fully saturated rings. The number of nitrogens with zero attached hydrogens (tertiary/aromatic N) is 4. The number of amides is 1. The van der Waals surface area contributed by atoms with E-state index in [-0.39, 0.29) is 23.4 Å². The van der Waals surface area contributed by atoms with Crippen LogP contribution in [-0.2, 0) is 11.2 Å². The summed E-state index contributed by atoms with van der Waals surface area (Å²) in [7, 11) is 4.56. The van der Waals surface area contributed by atoms with Gasteiger partial charge in [0.2, 0.25) is 11.7 Å². The molecule has 0 bridgehead atoms. The van der Waals surface area contributed by atoms with Crippen molar-refractivity contribution in [3.63, 3.8) is 0 Å². The molecule has 4 aromatic rings. The van der Waals surface area contributed by atoms with Crippen molar-refractivity contribution < 1.29 is 19.0 Å². The van der Waals surface area contributed by atoms with Crippen LogP contribution in [0.3, 0.4) is 0 Å². The number of nitrogens with one attached hydrogen (secondary N) is 1. The first-order valence-electron chi connectivity index (χ1n) is 10.3. The van der Waals surface area contributed by atoms with Crippen LogP contribution in [0.25, 0.3) is 16.7 Å². The third-order valence-electron chi connectivity index (χ3n) is 5.20. The lowest BCUT2D eigenvalue weighted by Gasteiger charge is -2.14. The number of rotatable bonds is 7. The fourth-order valence-corrected chi connectivity index (χ4v) is 3.67. The third kappa shape index (κ3) is 4.38. The number of aryl methyl sites for hydroxylation is 1. The van der Waals surface area contributed by atoms with Crippen molar-refractivity contribution in [1.29, 1.82) is 0 Å². The Kier molecular flexibility index (Phi) is 6.39. The quantitative estimate of drug-likeness (QED) is 0.446. The molecular weight excluding hydrogens is 438 g/mol. The van der Waals surface area contributed by atoms with E-state index in [4.69, 9.17) is 14.2 Å². The first-order chi connectivity index (χ1) is 16.4. The minimum absolute atomic E-state index is 0.103. The van der Waals surface area contributed by atoms with E-state index in [1.54, 1.807) is 43.3 Å². The van der Waals surface area contributed by atoms with Crippen LogP contribution in [0.2, 0.25) is 0 Å². The van der Waals surface area contributed by atoms with Crippen LogP contribution in [0.1, 0.15) is 11.4 Å². The van der Waals surface area contributed by atoms with E-state index in [9.17, 15) is 9.59 Å². The van der Waals surface area contributed by atoms with Crippen LogP contribution in [-0.4, -0.2) is 46.8 Å². The maximum absolute atomic E-state index is 12.9. The van der Waals surface area contributed by atoms with E-state index in [0.717, 1.165) is 0 Å².